The summed E-state index contributed by atoms with van der Waals surface area (Å²) >= 11 is 3.69. The van der Waals surface area contributed by atoms with Gasteiger partial charge in [-0.3, -0.25) is 14.4 Å². The number of aldehydes is 3. The van der Waals surface area contributed by atoms with E-state index >= 15 is 0 Å². The van der Waals surface area contributed by atoms with E-state index in [1.807, 2.05) is 24.3 Å². The molecule has 0 aliphatic heterocycles. The predicted octanol–water partition coefficient (Wildman–Crippen LogP) is 6.82. The van der Waals surface area contributed by atoms with Gasteiger partial charge >= 0.3 is 0 Å². The van der Waals surface area contributed by atoms with Gasteiger partial charge < -0.3 is 10.2 Å². The number of aromatic nitrogens is 2. The van der Waals surface area contributed by atoms with Crippen molar-refractivity contribution in [2.75, 3.05) is 0 Å². The van der Waals surface area contributed by atoms with Crippen molar-refractivity contribution in [1.29, 1.82) is 0 Å². The molecule has 2 N–H and O–H groups in total. The van der Waals surface area contributed by atoms with Crippen molar-refractivity contribution in [3.05, 3.63) is 69.2 Å². The molecule has 0 fully saturated rings. The van der Waals surface area contributed by atoms with E-state index in [9.17, 15) is 24.6 Å². The Bertz CT molecular complexity index is 1880. The minimum Gasteiger partial charge on any atom is -0.504 e. The fourth-order valence-corrected chi connectivity index (χ4v) is 6.71. The lowest BCUT2D eigenvalue weighted by Gasteiger charge is -2.14. The lowest BCUT2D eigenvalue weighted by molar-refractivity contribution is 0.111. The van der Waals surface area contributed by atoms with Gasteiger partial charge in [-0.2, -0.15) is 0 Å². The van der Waals surface area contributed by atoms with Crippen LogP contribution in [-0.4, -0.2) is 39.0 Å². The summed E-state index contributed by atoms with van der Waals surface area (Å²) in [5.41, 5.74) is 3.20. The first-order chi connectivity index (χ1) is 18.0. The van der Waals surface area contributed by atoms with Crippen LogP contribution in [0.25, 0.3) is 53.4 Å². The van der Waals surface area contributed by atoms with Crippen molar-refractivity contribution >= 4 is 74.9 Å². The maximum atomic E-state index is 11.3. The van der Waals surface area contributed by atoms with Gasteiger partial charge in [0.25, 0.3) is 0 Å². The Morgan fingerprint density at radius 3 is 1.51 bits per heavy atom. The second kappa shape index (κ2) is 9.00. The number of carbonyl (C=O) groups excluding carboxylic acids is 3. The van der Waals surface area contributed by atoms with Crippen LogP contribution in [0.1, 0.15) is 29.0 Å². The van der Waals surface area contributed by atoms with Crippen LogP contribution < -0.4 is 0 Å². The minimum absolute atomic E-state index is 0.265. The maximum absolute atomic E-state index is 11.3. The number of hydrogen-bond acceptors (Lipinski definition) is 10. The molecule has 10 heteroatoms. The molecule has 6 aromatic rings. The maximum Gasteiger partial charge on any atom is 0.169 e. The summed E-state index contributed by atoms with van der Waals surface area (Å²) in [6, 6.07) is 15.8. The van der Waals surface area contributed by atoms with Crippen molar-refractivity contribution in [3.63, 3.8) is 0 Å². The van der Waals surface area contributed by atoms with Gasteiger partial charge in [-0.25, -0.2) is 9.97 Å². The summed E-state index contributed by atoms with van der Waals surface area (Å²) in [4.78, 5) is 47.0. The van der Waals surface area contributed by atoms with Crippen LogP contribution in [0.3, 0.4) is 0 Å². The van der Waals surface area contributed by atoms with Crippen LogP contribution in [0.15, 0.2) is 54.6 Å². The number of phenols is 2. The Balaban J connectivity index is 1.68. The number of fused-ring (bicyclic) bond motifs is 2. The summed E-state index contributed by atoms with van der Waals surface area (Å²) in [6.45, 7) is 0. The molecule has 0 radical (unpaired) electrons. The number of carbonyl (C=O) groups is 3. The number of phenolic OH excluding ortho intramolecular Hbond substituents is 2. The quantitative estimate of drug-likeness (QED) is 0.135. The van der Waals surface area contributed by atoms with Crippen LogP contribution in [0, 0.1) is 0 Å². The molecule has 4 heterocycles. The number of nitrogens with zero attached hydrogens (tertiary/aromatic N) is 2. The van der Waals surface area contributed by atoms with Crippen molar-refractivity contribution in [2.24, 2.45) is 0 Å². The predicted molar refractivity (Wildman–Crippen MR) is 146 cm³/mol. The Morgan fingerprint density at radius 1 is 0.568 bits per heavy atom. The van der Waals surface area contributed by atoms with Crippen LogP contribution in [-0.2, 0) is 0 Å². The highest BCUT2D eigenvalue weighted by molar-refractivity contribution is 7.18. The van der Waals surface area contributed by atoms with Gasteiger partial charge in [0.15, 0.2) is 30.4 Å². The number of aromatic hydroxyl groups is 2. The van der Waals surface area contributed by atoms with Gasteiger partial charge in [0, 0.05) is 14.6 Å². The fraction of sp³-hybridized carbons (Fsp3) is 0. The van der Waals surface area contributed by atoms with Gasteiger partial charge in [0.2, 0.25) is 0 Å². The first kappa shape index (κ1) is 23.2. The molecule has 0 saturated carbocycles. The first-order valence-corrected chi connectivity index (χ1v) is 13.3. The minimum atomic E-state index is -0.387. The standard InChI is InChI=1S/C27H14N2O5S3/c30-10-14-2-6-19(35-14)13-1-5-17-18(9-13)29-25-23(21-8-4-16(12-32)37-21)27(34)26(33)22(24(25)28-17)20-7-3-15(11-31)36-20/h1-12,33-34H. The molecule has 37 heavy (non-hydrogen) atoms. The second-order valence-corrected chi connectivity index (χ2v) is 11.4. The van der Waals surface area contributed by atoms with Crippen molar-refractivity contribution in [3.8, 4) is 42.8 Å². The molecule has 0 aliphatic carbocycles. The van der Waals surface area contributed by atoms with Crippen LogP contribution in [0.2, 0.25) is 0 Å². The number of benzene rings is 2. The third kappa shape index (κ3) is 3.82. The Labute approximate surface area is 220 Å². The Morgan fingerprint density at radius 2 is 1.03 bits per heavy atom. The van der Waals surface area contributed by atoms with Crippen molar-refractivity contribution in [1.82, 2.24) is 9.97 Å². The number of thiophene rings is 3. The summed E-state index contributed by atoms with van der Waals surface area (Å²) in [6.07, 6.45) is 2.24. The third-order valence-electron chi connectivity index (χ3n) is 5.84. The molecule has 4 aromatic heterocycles. The fourth-order valence-electron chi connectivity index (χ4n) is 4.16. The zero-order valence-electron chi connectivity index (χ0n) is 18.7. The summed E-state index contributed by atoms with van der Waals surface area (Å²) < 4.78 is 0. The van der Waals surface area contributed by atoms with E-state index in [2.05, 4.69) is 0 Å². The molecule has 0 aliphatic rings. The third-order valence-corrected chi connectivity index (χ3v) is 8.96. The van der Waals surface area contributed by atoms with Crippen molar-refractivity contribution in [2.45, 2.75) is 0 Å². The van der Waals surface area contributed by atoms with E-state index in [0.29, 0.717) is 46.5 Å². The van der Waals surface area contributed by atoms with E-state index in [0.717, 1.165) is 52.0 Å². The van der Waals surface area contributed by atoms with E-state index < -0.39 is 0 Å². The highest BCUT2D eigenvalue weighted by Crippen LogP contribution is 2.51. The summed E-state index contributed by atoms with van der Waals surface area (Å²) in [5, 5.41) is 22.3. The molecule has 0 unspecified atom stereocenters. The number of rotatable bonds is 6. The monoisotopic (exact) mass is 542 g/mol. The molecule has 0 atom stereocenters. The van der Waals surface area contributed by atoms with E-state index in [1.54, 1.807) is 30.3 Å². The Kier molecular flexibility index (Phi) is 5.64. The van der Waals surface area contributed by atoms with Crippen molar-refractivity contribution < 1.29 is 24.6 Å². The molecule has 2 aromatic carbocycles. The molecule has 7 nitrogen and oxygen atoms in total. The molecule has 0 amide bonds. The van der Waals surface area contributed by atoms with Gasteiger partial charge in [0.1, 0.15) is 11.0 Å². The Hall–Kier alpha value is -4.25. The molecule has 0 bridgehead atoms. The first-order valence-electron chi connectivity index (χ1n) is 10.9. The summed E-state index contributed by atoms with van der Waals surface area (Å²) in [7, 11) is 0. The largest absolute Gasteiger partial charge is 0.504 e. The highest BCUT2D eigenvalue weighted by Gasteiger charge is 2.25. The van der Waals surface area contributed by atoms with Gasteiger partial charge in [0.05, 0.1) is 36.8 Å². The van der Waals surface area contributed by atoms with Crippen LogP contribution in [0.4, 0.5) is 0 Å². The smallest absolute Gasteiger partial charge is 0.169 e. The average Bonchev–Trinajstić information content (AvgIpc) is 3.69. The molecular weight excluding hydrogens is 529 g/mol. The van der Waals surface area contributed by atoms with Crippen LogP contribution in [0.5, 0.6) is 11.5 Å². The molecule has 0 spiro atoms. The average molecular weight is 543 g/mol. The van der Waals surface area contributed by atoms with E-state index in [-0.39, 0.29) is 22.6 Å². The molecule has 6 rings (SSSR count). The number of hydrogen-bond donors (Lipinski definition) is 2. The lowest BCUT2D eigenvalue weighted by Crippen LogP contribution is -1.94. The van der Waals surface area contributed by atoms with Crippen LogP contribution >= 0.6 is 34.0 Å². The molecule has 180 valence electrons. The molecular formula is C27H14N2O5S3. The highest BCUT2D eigenvalue weighted by atomic mass is 32.1. The summed E-state index contributed by atoms with van der Waals surface area (Å²) in [5.74, 6) is -0.769. The van der Waals surface area contributed by atoms with Gasteiger partial charge in [-0.1, -0.05) is 6.07 Å². The zero-order chi connectivity index (χ0) is 25.7. The zero-order valence-corrected chi connectivity index (χ0v) is 21.1. The SMILES string of the molecule is O=Cc1ccc(-c2ccc3nc4c(-c5ccc(C=O)s5)c(O)c(O)c(-c5ccc(C=O)s5)c4nc3c2)s1. The second-order valence-electron chi connectivity index (χ2n) is 8.03. The van der Waals surface area contributed by atoms with Gasteiger partial charge in [-0.15, -0.1) is 34.0 Å². The van der Waals surface area contributed by atoms with E-state index in [4.69, 9.17) is 9.97 Å². The topological polar surface area (TPSA) is 117 Å². The van der Waals surface area contributed by atoms with Gasteiger partial charge in [-0.05, 0) is 54.1 Å². The normalized spacial score (nSPS) is 11.2. The lowest BCUT2D eigenvalue weighted by atomic mass is 10.0. The molecule has 0 saturated heterocycles. The van der Waals surface area contributed by atoms with E-state index in [1.165, 1.54) is 11.3 Å².